The van der Waals surface area contributed by atoms with Crippen molar-refractivity contribution in [3.05, 3.63) is 24.3 Å². The van der Waals surface area contributed by atoms with E-state index in [0.29, 0.717) is 23.9 Å². The zero-order valence-electron chi connectivity index (χ0n) is 43.3. The van der Waals surface area contributed by atoms with E-state index in [1.165, 1.54) is 205 Å². The molecule has 0 radical (unpaired) electrons. The number of carbonyl (C=O) groups excluding carboxylic acids is 1. The lowest BCUT2D eigenvalue weighted by molar-refractivity contribution is -0.870. The third kappa shape index (κ3) is 48.9. The van der Waals surface area contributed by atoms with Gasteiger partial charge in [0, 0.05) is 6.42 Å². The number of carbonyl (C=O) groups is 1. The molecule has 0 saturated heterocycles. The maximum absolute atomic E-state index is 13.0. The summed E-state index contributed by atoms with van der Waals surface area (Å²) in [6.45, 7) is 4.72. The lowest BCUT2D eigenvalue weighted by Crippen LogP contribution is -2.46. The molecule has 3 unspecified atom stereocenters. The first kappa shape index (κ1) is 63.0. The van der Waals surface area contributed by atoms with Gasteiger partial charge in [0.15, 0.2) is 0 Å². The van der Waals surface area contributed by atoms with Gasteiger partial charge in [-0.15, -0.1) is 0 Å². The summed E-state index contributed by atoms with van der Waals surface area (Å²) in [6, 6.07) is -0.801. The van der Waals surface area contributed by atoms with Gasteiger partial charge in [0.1, 0.15) is 13.2 Å². The van der Waals surface area contributed by atoms with Crippen molar-refractivity contribution in [3.8, 4) is 0 Å². The topological polar surface area (TPSA) is 108 Å². The van der Waals surface area contributed by atoms with Crippen LogP contribution in [-0.2, 0) is 18.4 Å². The van der Waals surface area contributed by atoms with Crippen LogP contribution in [-0.4, -0.2) is 68.5 Å². The highest BCUT2D eigenvalue weighted by molar-refractivity contribution is 7.45. The van der Waals surface area contributed by atoms with Crippen LogP contribution in [0.5, 0.6) is 0 Å². The second-order valence-corrected chi connectivity index (χ2v) is 21.7. The van der Waals surface area contributed by atoms with Crippen LogP contribution in [0.15, 0.2) is 24.3 Å². The van der Waals surface area contributed by atoms with Gasteiger partial charge in [-0.2, -0.15) is 0 Å². The molecule has 0 aliphatic heterocycles. The fraction of sp³-hybridized carbons (Fsp3) is 0.909. The summed E-state index contributed by atoms with van der Waals surface area (Å²) < 4.78 is 23.4. The molecule has 0 fully saturated rings. The van der Waals surface area contributed by atoms with Crippen LogP contribution in [0.2, 0.25) is 0 Å². The maximum atomic E-state index is 13.0. The van der Waals surface area contributed by atoms with E-state index in [1.54, 1.807) is 0 Å². The van der Waals surface area contributed by atoms with E-state index in [0.717, 1.165) is 38.5 Å². The van der Waals surface area contributed by atoms with Crippen LogP contribution in [0.4, 0.5) is 0 Å². The van der Waals surface area contributed by atoms with Crippen molar-refractivity contribution in [2.45, 2.75) is 283 Å². The molecule has 0 rings (SSSR count). The molecule has 3 atom stereocenters. The van der Waals surface area contributed by atoms with Gasteiger partial charge in [-0.25, -0.2) is 0 Å². The Labute approximate surface area is 398 Å². The second-order valence-electron chi connectivity index (χ2n) is 20.3. The number of hydrogen-bond acceptors (Lipinski definition) is 6. The van der Waals surface area contributed by atoms with Gasteiger partial charge in [-0.1, -0.05) is 250 Å². The molecule has 0 aromatic rings. The largest absolute Gasteiger partial charge is 0.756 e. The second kappa shape index (κ2) is 47.1. The summed E-state index contributed by atoms with van der Waals surface area (Å²) in [6.07, 6.45) is 57.7. The van der Waals surface area contributed by atoms with Gasteiger partial charge < -0.3 is 28.8 Å². The Morgan fingerprint density at radius 2 is 0.891 bits per heavy atom. The Balaban J connectivity index is 4.19. The molecule has 0 heterocycles. The van der Waals surface area contributed by atoms with Crippen LogP contribution in [0.1, 0.15) is 271 Å². The number of rotatable bonds is 51. The number of quaternary nitrogens is 1. The first-order chi connectivity index (χ1) is 31.0. The highest BCUT2D eigenvalue weighted by atomic mass is 31.2. The molecule has 9 heteroatoms. The molecule has 1 amide bonds. The number of likely N-dealkylation sites (N-methyl/N-ethyl adjacent to an activating group) is 1. The Bertz CT molecular complexity index is 1090. The van der Waals surface area contributed by atoms with Crippen molar-refractivity contribution >= 4 is 13.7 Å². The molecule has 0 bridgehead atoms. The normalized spacial score (nSPS) is 14.2. The number of hydrogen-bond donors (Lipinski definition) is 2. The fourth-order valence-corrected chi connectivity index (χ4v) is 9.05. The monoisotopic (exact) mass is 925 g/mol. The minimum Gasteiger partial charge on any atom is -0.756 e. The summed E-state index contributed by atoms with van der Waals surface area (Å²) in [4.78, 5) is 25.5. The minimum atomic E-state index is -4.57. The highest BCUT2D eigenvalue weighted by Crippen LogP contribution is 2.38. The Morgan fingerprint density at radius 1 is 0.547 bits per heavy atom. The van der Waals surface area contributed by atoms with Crippen molar-refractivity contribution in [2.24, 2.45) is 0 Å². The van der Waals surface area contributed by atoms with Crippen molar-refractivity contribution in [2.75, 3.05) is 40.9 Å². The SMILES string of the molecule is CCCCC/C=C\C=C/CCCCCCCCCCCCC(=O)NC(COP(=O)([O-])OCC[N+](C)(C)C)C(O)CCCCCCCCCCCCCCCCCCCCCCCCC. The Hall–Kier alpha value is -1.02. The van der Waals surface area contributed by atoms with Gasteiger partial charge in [-0.3, -0.25) is 9.36 Å². The van der Waals surface area contributed by atoms with Crippen LogP contribution in [0.25, 0.3) is 0 Å². The van der Waals surface area contributed by atoms with Gasteiger partial charge in [0.25, 0.3) is 7.82 Å². The summed E-state index contributed by atoms with van der Waals surface area (Å²) in [7, 11) is 1.31. The zero-order chi connectivity index (χ0) is 47.1. The number of unbranched alkanes of at least 4 members (excludes halogenated alkanes) is 35. The predicted octanol–water partition coefficient (Wildman–Crippen LogP) is 15.8. The number of allylic oxidation sites excluding steroid dienone is 4. The molecule has 0 spiro atoms. The number of phosphoric ester groups is 1. The fourth-order valence-electron chi connectivity index (χ4n) is 8.33. The van der Waals surface area contributed by atoms with E-state index in [-0.39, 0.29) is 19.1 Å². The van der Waals surface area contributed by atoms with Crippen LogP contribution in [0.3, 0.4) is 0 Å². The number of nitrogens with zero attached hydrogens (tertiary/aromatic N) is 1. The van der Waals surface area contributed by atoms with Gasteiger partial charge >= 0.3 is 0 Å². The maximum Gasteiger partial charge on any atom is 0.268 e. The number of phosphoric acid groups is 1. The summed E-state index contributed by atoms with van der Waals surface area (Å²) >= 11 is 0. The first-order valence-corrected chi connectivity index (χ1v) is 29.2. The Kier molecular flexibility index (Phi) is 46.3. The summed E-state index contributed by atoms with van der Waals surface area (Å²) in [5, 5.41) is 14.0. The molecule has 0 aliphatic rings. The Morgan fingerprint density at radius 3 is 1.30 bits per heavy atom. The van der Waals surface area contributed by atoms with E-state index in [9.17, 15) is 19.4 Å². The van der Waals surface area contributed by atoms with E-state index in [1.807, 2.05) is 21.1 Å². The van der Waals surface area contributed by atoms with Crippen molar-refractivity contribution in [3.63, 3.8) is 0 Å². The van der Waals surface area contributed by atoms with Gasteiger partial charge in [-0.05, 0) is 38.5 Å². The molecule has 2 N–H and O–H groups in total. The van der Waals surface area contributed by atoms with E-state index < -0.39 is 20.0 Å². The number of aliphatic hydroxyl groups is 1. The van der Waals surface area contributed by atoms with E-state index in [2.05, 4.69) is 43.5 Å². The first-order valence-electron chi connectivity index (χ1n) is 27.7. The number of nitrogens with one attached hydrogen (secondary N) is 1. The van der Waals surface area contributed by atoms with Gasteiger partial charge in [0.2, 0.25) is 5.91 Å². The molecule has 0 aliphatic carbocycles. The molecular weight excluding hydrogens is 816 g/mol. The molecule has 380 valence electrons. The van der Waals surface area contributed by atoms with Crippen molar-refractivity contribution < 1.29 is 32.9 Å². The average molecular weight is 925 g/mol. The van der Waals surface area contributed by atoms with Crippen LogP contribution >= 0.6 is 7.82 Å². The third-order valence-electron chi connectivity index (χ3n) is 12.7. The molecule has 8 nitrogen and oxygen atoms in total. The smallest absolute Gasteiger partial charge is 0.268 e. The van der Waals surface area contributed by atoms with E-state index in [4.69, 9.17) is 9.05 Å². The van der Waals surface area contributed by atoms with E-state index >= 15 is 0 Å². The number of aliphatic hydroxyl groups excluding tert-OH is 1. The predicted molar refractivity (Wildman–Crippen MR) is 275 cm³/mol. The quantitative estimate of drug-likeness (QED) is 0.0272. The average Bonchev–Trinajstić information content (AvgIpc) is 3.25. The molecule has 0 aromatic carbocycles. The third-order valence-corrected chi connectivity index (χ3v) is 13.7. The van der Waals surface area contributed by atoms with Crippen LogP contribution in [0, 0.1) is 0 Å². The summed E-state index contributed by atoms with van der Waals surface area (Å²) in [5.74, 6) is -0.165. The molecular formula is C55H109N2O6P. The van der Waals surface area contributed by atoms with Gasteiger partial charge in [0.05, 0.1) is 39.9 Å². The van der Waals surface area contributed by atoms with Crippen LogP contribution < -0.4 is 10.2 Å². The lowest BCUT2D eigenvalue weighted by atomic mass is 10.0. The zero-order valence-corrected chi connectivity index (χ0v) is 44.1. The molecule has 0 saturated carbocycles. The summed E-state index contributed by atoms with van der Waals surface area (Å²) in [5.41, 5.74) is 0. The van der Waals surface area contributed by atoms with Crippen molar-refractivity contribution in [1.29, 1.82) is 0 Å². The standard InChI is InChI=1S/C55H109N2O6P/c1-6-8-10-12-14-16-18-20-22-24-26-27-28-29-31-32-34-36-38-40-42-44-46-48-54(58)53(52-63-64(60,61)62-51-50-57(3,4)5)56-55(59)49-47-45-43-41-39-37-35-33-30-25-23-21-19-17-15-13-11-9-7-2/h15,17,19,21,53-54,58H,6-14,16,18,20,22-52H2,1-5H3,(H-,56,59,60,61)/b17-15-,21-19-. The molecule has 64 heavy (non-hydrogen) atoms. The lowest BCUT2D eigenvalue weighted by Gasteiger charge is -2.30. The highest BCUT2D eigenvalue weighted by Gasteiger charge is 2.24. The number of amides is 1. The van der Waals surface area contributed by atoms with Crippen molar-refractivity contribution in [1.82, 2.24) is 5.32 Å². The molecule has 0 aromatic heterocycles. The minimum absolute atomic E-state index is 0.0127.